The number of nitrogens with zero attached hydrogens (tertiary/aromatic N) is 1. The van der Waals surface area contributed by atoms with Gasteiger partial charge in [-0.3, -0.25) is 0 Å². The van der Waals surface area contributed by atoms with Crippen LogP contribution in [-0.4, -0.2) is 28.2 Å². The van der Waals surface area contributed by atoms with Gasteiger partial charge in [-0.25, -0.2) is 14.2 Å². The number of amides is 1. The zero-order valence-electron chi connectivity index (χ0n) is 13.9. The number of ether oxygens (including phenoxy) is 1. The number of carbonyl (C=O) groups excluding carboxylic acids is 1. The number of imidazole rings is 1. The molecule has 0 atom stereocenters. The molecule has 1 aromatic heterocycles. The third-order valence-electron chi connectivity index (χ3n) is 3.13. The first-order valence-corrected chi connectivity index (χ1v) is 7.52. The van der Waals surface area contributed by atoms with Crippen LogP contribution in [0.5, 0.6) is 0 Å². The molecule has 0 fully saturated rings. The molecule has 0 aliphatic rings. The third-order valence-corrected chi connectivity index (χ3v) is 3.13. The Bertz CT molecular complexity index is 689. The summed E-state index contributed by atoms with van der Waals surface area (Å²) in [5, 5.41) is 2.68. The monoisotopic (exact) mass is 319 g/mol. The van der Waals surface area contributed by atoms with Crippen LogP contribution < -0.4 is 5.32 Å². The number of aryl methyl sites for hydroxylation is 1. The quantitative estimate of drug-likeness (QED) is 0.905. The van der Waals surface area contributed by atoms with Gasteiger partial charge in [0, 0.05) is 18.5 Å². The minimum absolute atomic E-state index is 0.227. The fourth-order valence-corrected chi connectivity index (χ4v) is 2.05. The molecule has 6 heteroatoms. The van der Waals surface area contributed by atoms with E-state index in [0.717, 1.165) is 17.1 Å². The number of H-pyrrole nitrogens is 1. The van der Waals surface area contributed by atoms with Crippen LogP contribution in [0.4, 0.5) is 9.18 Å². The van der Waals surface area contributed by atoms with Gasteiger partial charge in [-0.15, -0.1) is 0 Å². The fourth-order valence-electron chi connectivity index (χ4n) is 2.05. The number of rotatable bonds is 4. The minimum atomic E-state index is -0.512. The second-order valence-corrected chi connectivity index (χ2v) is 6.39. The van der Waals surface area contributed by atoms with Crippen molar-refractivity contribution in [3.63, 3.8) is 0 Å². The zero-order chi connectivity index (χ0) is 17.0. The Balaban J connectivity index is 1.90. The standard InChI is InChI=1S/C17H22FN3O2/c1-11-9-12(5-6-13(11)18)14-10-20-15(21-14)7-8-19-16(22)23-17(2,3)4/h5-6,9-10H,7-8H2,1-4H3,(H,19,22)(H,20,21). The van der Waals surface area contributed by atoms with Gasteiger partial charge in [0.25, 0.3) is 0 Å². The number of nitrogens with one attached hydrogen (secondary N) is 2. The lowest BCUT2D eigenvalue weighted by Crippen LogP contribution is -2.33. The summed E-state index contributed by atoms with van der Waals surface area (Å²) in [6.07, 6.45) is 1.81. The Morgan fingerprint density at radius 2 is 2.13 bits per heavy atom. The Morgan fingerprint density at radius 3 is 2.78 bits per heavy atom. The van der Waals surface area contributed by atoms with E-state index in [4.69, 9.17) is 4.74 Å². The van der Waals surface area contributed by atoms with Crippen LogP contribution >= 0.6 is 0 Å². The second-order valence-electron chi connectivity index (χ2n) is 6.39. The molecule has 0 radical (unpaired) electrons. The summed E-state index contributed by atoms with van der Waals surface area (Å²) < 4.78 is 18.5. The number of hydrogen-bond donors (Lipinski definition) is 2. The highest BCUT2D eigenvalue weighted by Gasteiger charge is 2.15. The molecule has 124 valence electrons. The van der Waals surface area contributed by atoms with Crippen molar-refractivity contribution in [3.8, 4) is 11.3 Å². The SMILES string of the molecule is Cc1cc(-c2cnc(CCNC(=O)OC(C)(C)C)[nH]2)ccc1F. The summed E-state index contributed by atoms with van der Waals surface area (Å²) in [4.78, 5) is 19.0. The van der Waals surface area contributed by atoms with Gasteiger partial charge in [-0.1, -0.05) is 0 Å². The van der Waals surface area contributed by atoms with E-state index >= 15 is 0 Å². The molecule has 0 aliphatic carbocycles. The number of benzene rings is 1. The molecule has 5 nitrogen and oxygen atoms in total. The first kappa shape index (κ1) is 17.0. The summed E-state index contributed by atoms with van der Waals surface area (Å²) in [6.45, 7) is 7.59. The van der Waals surface area contributed by atoms with Crippen molar-refractivity contribution < 1.29 is 13.9 Å². The summed E-state index contributed by atoms with van der Waals surface area (Å²) in [7, 11) is 0. The van der Waals surface area contributed by atoms with Crippen LogP contribution in [0.3, 0.4) is 0 Å². The molecule has 0 unspecified atom stereocenters. The highest BCUT2D eigenvalue weighted by atomic mass is 19.1. The van der Waals surface area contributed by atoms with Gasteiger partial charge in [0.1, 0.15) is 17.2 Å². The summed E-state index contributed by atoms with van der Waals surface area (Å²) >= 11 is 0. The average Bonchev–Trinajstić information content (AvgIpc) is 2.88. The molecular formula is C17H22FN3O2. The van der Waals surface area contributed by atoms with Crippen molar-refractivity contribution in [2.24, 2.45) is 0 Å². The Kier molecular flexibility index (Phi) is 5.03. The number of hydrogen-bond acceptors (Lipinski definition) is 3. The van der Waals surface area contributed by atoms with Crippen molar-refractivity contribution >= 4 is 6.09 Å². The molecule has 2 aromatic rings. The lowest BCUT2D eigenvalue weighted by atomic mass is 10.1. The van der Waals surface area contributed by atoms with E-state index in [1.54, 1.807) is 25.3 Å². The van der Waals surface area contributed by atoms with Gasteiger partial charge >= 0.3 is 6.09 Å². The van der Waals surface area contributed by atoms with Gasteiger partial charge in [0.15, 0.2) is 0 Å². The Hall–Kier alpha value is -2.37. The van der Waals surface area contributed by atoms with Gasteiger partial charge < -0.3 is 15.0 Å². The average molecular weight is 319 g/mol. The molecule has 0 spiro atoms. The molecule has 1 heterocycles. The minimum Gasteiger partial charge on any atom is -0.444 e. The van der Waals surface area contributed by atoms with Crippen molar-refractivity contribution in [1.82, 2.24) is 15.3 Å². The smallest absolute Gasteiger partial charge is 0.407 e. The maximum Gasteiger partial charge on any atom is 0.407 e. The summed E-state index contributed by atoms with van der Waals surface area (Å²) in [6, 6.07) is 4.92. The molecule has 23 heavy (non-hydrogen) atoms. The van der Waals surface area contributed by atoms with Crippen LogP contribution in [0, 0.1) is 12.7 Å². The van der Waals surface area contributed by atoms with E-state index in [1.807, 2.05) is 20.8 Å². The molecular weight excluding hydrogens is 297 g/mol. The van der Waals surface area contributed by atoms with Crippen LogP contribution in [0.2, 0.25) is 0 Å². The normalized spacial score (nSPS) is 11.3. The molecule has 0 saturated carbocycles. The van der Waals surface area contributed by atoms with Gasteiger partial charge in [0.05, 0.1) is 11.9 Å². The number of aromatic amines is 1. The van der Waals surface area contributed by atoms with Crippen molar-refractivity contribution in [1.29, 1.82) is 0 Å². The summed E-state index contributed by atoms with van der Waals surface area (Å²) in [5.74, 6) is 0.521. The Morgan fingerprint density at radius 1 is 1.39 bits per heavy atom. The highest BCUT2D eigenvalue weighted by Crippen LogP contribution is 2.20. The maximum absolute atomic E-state index is 13.3. The molecule has 0 aliphatic heterocycles. The molecule has 1 amide bonds. The second kappa shape index (κ2) is 6.81. The lowest BCUT2D eigenvalue weighted by Gasteiger charge is -2.19. The highest BCUT2D eigenvalue weighted by molar-refractivity contribution is 5.67. The van der Waals surface area contributed by atoms with E-state index in [9.17, 15) is 9.18 Å². The van der Waals surface area contributed by atoms with Crippen molar-refractivity contribution in [2.75, 3.05) is 6.54 Å². The van der Waals surface area contributed by atoms with Crippen LogP contribution in [0.25, 0.3) is 11.3 Å². The van der Waals surface area contributed by atoms with Crippen molar-refractivity contribution in [2.45, 2.75) is 39.7 Å². The van der Waals surface area contributed by atoms with Crippen LogP contribution in [0.15, 0.2) is 24.4 Å². The first-order chi connectivity index (χ1) is 10.7. The van der Waals surface area contributed by atoms with Gasteiger partial charge in [0.2, 0.25) is 0 Å². The molecule has 1 aromatic carbocycles. The number of halogens is 1. The molecule has 2 N–H and O–H groups in total. The fraction of sp³-hybridized carbons (Fsp3) is 0.412. The van der Waals surface area contributed by atoms with Gasteiger partial charge in [-0.05, 0) is 51.5 Å². The molecule has 2 rings (SSSR count). The Labute approximate surface area is 135 Å². The van der Waals surface area contributed by atoms with Crippen LogP contribution in [0.1, 0.15) is 32.2 Å². The van der Waals surface area contributed by atoms with E-state index in [2.05, 4.69) is 15.3 Å². The predicted molar refractivity (Wildman–Crippen MR) is 86.7 cm³/mol. The van der Waals surface area contributed by atoms with Crippen molar-refractivity contribution in [3.05, 3.63) is 41.6 Å². The van der Waals surface area contributed by atoms with E-state index in [-0.39, 0.29) is 5.82 Å². The third kappa shape index (κ3) is 5.09. The largest absolute Gasteiger partial charge is 0.444 e. The molecule has 0 bridgehead atoms. The lowest BCUT2D eigenvalue weighted by molar-refractivity contribution is 0.0528. The van der Waals surface area contributed by atoms with Crippen LogP contribution in [-0.2, 0) is 11.2 Å². The number of alkyl carbamates (subject to hydrolysis) is 1. The van der Waals surface area contributed by atoms with E-state index < -0.39 is 11.7 Å². The number of carbonyl (C=O) groups is 1. The van der Waals surface area contributed by atoms with E-state index in [0.29, 0.717) is 18.5 Å². The van der Waals surface area contributed by atoms with E-state index in [1.165, 1.54) is 6.07 Å². The number of aromatic nitrogens is 2. The summed E-state index contributed by atoms with van der Waals surface area (Å²) in [5.41, 5.74) is 1.77. The predicted octanol–water partition coefficient (Wildman–Crippen LogP) is 3.59. The van der Waals surface area contributed by atoms with Gasteiger partial charge in [-0.2, -0.15) is 0 Å². The molecule has 0 saturated heterocycles. The maximum atomic E-state index is 13.3. The zero-order valence-corrected chi connectivity index (χ0v) is 13.9. The first-order valence-electron chi connectivity index (χ1n) is 7.52. The topological polar surface area (TPSA) is 67.0 Å².